The van der Waals surface area contributed by atoms with Gasteiger partial charge in [0.05, 0.1) is 5.69 Å². The van der Waals surface area contributed by atoms with Crippen LogP contribution in [0.1, 0.15) is 10.4 Å². The van der Waals surface area contributed by atoms with E-state index in [-0.39, 0.29) is 17.3 Å². The zero-order valence-electron chi connectivity index (χ0n) is 9.87. The summed E-state index contributed by atoms with van der Waals surface area (Å²) in [6.45, 7) is 2.11. The molecule has 6 heteroatoms. The van der Waals surface area contributed by atoms with Crippen molar-refractivity contribution in [1.82, 2.24) is 9.80 Å². The molecule has 1 aliphatic heterocycles. The molecule has 3 N–H and O–H groups in total. The lowest BCUT2D eigenvalue weighted by Crippen LogP contribution is -2.48. The fourth-order valence-corrected chi connectivity index (χ4v) is 1.90. The second kappa shape index (κ2) is 4.95. The predicted molar refractivity (Wildman–Crippen MR) is 66.1 cm³/mol. The summed E-state index contributed by atoms with van der Waals surface area (Å²) in [7, 11) is 0. The van der Waals surface area contributed by atoms with Gasteiger partial charge in [-0.05, 0) is 18.2 Å². The molecule has 1 aromatic carbocycles. The highest BCUT2D eigenvalue weighted by Crippen LogP contribution is 2.21. The lowest BCUT2D eigenvalue weighted by atomic mass is 10.1. The van der Waals surface area contributed by atoms with E-state index in [0.29, 0.717) is 31.7 Å². The first-order chi connectivity index (χ1) is 8.61. The summed E-state index contributed by atoms with van der Waals surface area (Å²) in [4.78, 5) is 26.0. The van der Waals surface area contributed by atoms with Crippen molar-refractivity contribution in [2.75, 3.05) is 31.9 Å². The van der Waals surface area contributed by atoms with Crippen molar-refractivity contribution in [1.29, 1.82) is 0 Å². The summed E-state index contributed by atoms with van der Waals surface area (Å²) in [6.07, 6.45) is 0.792. The largest absolute Gasteiger partial charge is 0.506 e. The number of hydrogen-bond donors (Lipinski definition) is 2. The van der Waals surface area contributed by atoms with E-state index in [2.05, 4.69) is 0 Å². The summed E-state index contributed by atoms with van der Waals surface area (Å²) < 4.78 is 0. The molecule has 18 heavy (non-hydrogen) atoms. The average molecular weight is 249 g/mol. The number of rotatable bonds is 2. The van der Waals surface area contributed by atoms with Crippen LogP contribution in [0, 0.1) is 0 Å². The van der Waals surface area contributed by atoms with E-state index >= 15 is 0 Å². The lowest BCUT2D eigenvalue weighted by molar-refractivity contribution is -0.119. The molecule has 1 heterocycles. The maximum Gasteiger partial charge on any atom is 0.254 e. The molecular formula is C12H15N3O3. The third-order valence-electron chi connectivity index (χ3n) is 3.03. The molecule has 2 rings (SSSR count). The van der Waals surface area contributed by atoms with Gasteiger partial charge in [0.1, 0.15) is 5.75 Å². The molecule has 1 aliphatic rings. The van der Waals surface area contributed by atoms with Gasteiger partial charge in [0.15, 0.2) is 0 Å². The lowest BCUT2D eigenvalue weighted by Gasteiger charge is -2.32. The number of hydrogen-bond acceptors (Lipinski definition) is 4. The fourth-order valence-electron chi connectivity index (χ4n) is 1.90. The van der Waals surface area contributed by atoms with Crippen molar-refractivity contribution >= 4 is 18.0 Å². The number of carbonyl (C=O) groups is 2. The Morgan fingerprint density at radius 1 is 1.28 bits per heavy atom. The summed E-state index contributed by atoms with van der Waals surface area (Å²) in [5, 5.41) is 9.31. The Balaban J connectivity index is 2.07. The number of benzene rings is 1. The number of aromatic hydroxyl groups is 1. The van der Waals surface area contributed by atoms with E-state index in [4.69, 9.17) is 5.73 Å². The van der Waals surface area contributed by atoms with Gasteiger partial charge in [-0.1, -0.05) is 0 Å². The van der Waals surface area contributed by atoms with Crippen molar-refractivity contribution in [3.8, 4) is 5.75 Å². The van der Waals surface area contributed by atoms with Crippen LogP contribution in [0.5, 0.6) is 5.75 Å². The molecule has 0 atom stereocenters. The van der Waals surface area contributed by atoms with Gasteiger partial charge < -0.3 is 20.6 Å². The van der Waals surface area contributed by atoms with Crippen LogP contribution in [-0.4, -0.2) is 53.4 Å². The quantitative estimate of drug-likeness (QED) is 0.435. The number of phenolic OH excluding ortho intramolecular Hbond substituents is 1. The van der Waals surface area contributed by atoms with Gasteiger partial charge in [0, 0.05) is 31.7 Å². The molecule has 0 aromatic heterocycles. The number of phenols is 1. The zero-order chi connectivity index (χ0) is 13.1. The van der Waals surface area contributed by atoms with Crippen molar-refractivity contribution in [3.63, 3.8) is 0 Å². The maximum atomic E-state index is 12.1. The maximum absolute atomic E-state index is 12.1. The number of carbonyl (C=O) groups excluding carboxylic acids is 2. The molecule has 0 spiro atoms. The van der Waals surface area contributed by atoms with Gasteiger partial charge in [-0.15, -0.1) is 0 Å². The van der Waals surface area contributed by atoms with Gasteiger partial charge >= 0.3 is 0 Å². The zero-order valence-corrected chi connectivity index (χ0v) is 9.87. The van der Waals surface area contributed by atoms with Gasteiger partial charge in [0.2, 0.25) is 6.41 Å². The standard InChI is InChI=1S/C12H15N3O3/c13-10-7-9(1-2-11(10)17)12(18)15-5-3-14(8-16)4-6-15/h1-2,7-8,17H,3-6,13H2. The van der Waals surface area contributed by atoms with Gasteiger partial charge in [0.25, 0.3) is 5.91 Å². The summed E-state index contributed by atoms with van der Waals surface area (Å²) >= 11 is 0. The molecule has 6 nitrogen and oxygen atoms in total. The van der Waals surface area contributed by atoms with Crippen LogP contribution in [-0.2, 0) is 4.79 Å². The van der Waals surface area contributed by atoms with Crippen LogP contribution in [0.2, 0.25) is 0 Å². The van der Waals surface area contributed by atoms with Crippen LogP contribution >= 0.6 is 0 Å². The summed E-state index contributed by atoms with van der Waals surface area (Å²) in [6, 6.07) is 4.41. The van der Waals surface area contributed by atoms with Gasteiger partial charge in [-0.2, -0.15) is 0 Å². The molecule has 1 saturated heterocycles. The second-order valence-electron chi connectivity index (χ2n) is 4.21. The molecule has 0 bridgehead atoms. The van der Waals surface area contributed by atoms with E-state index in [9.17, 15) is 14.7 Å². The van der Waals surface area contributed by atoms with Gasteiger partial charge in [-0.3, -0.25) is 9.59 Å². The summed E-state index contributed by atoms with van der Waals surface area (Å²) in [5.41, 5.74) is 6.19. The van der Waals surface area contributed by atoms with E-state index in [1.165, 1.54) is 12.1 Å². The van der Waals surface area contributed by atoms with Crippen LogP contribution in [0.3, 0.4) is 0 Å². The Morgan fingerprint density at radius 3 is 2.50 bits per heavy atom. The SMILES string of the molecule is Nc1cc(C(=O)N2CCN(C=O)CC2)ccc1O. The highest BCUT2D eigenvalue weighted by molar-refractivity contribution is 5.95. The molecule has 0 unspecified atom stereocenters. The molecule has 96 valence electrons. The van der Waals surface area contributed by atoms with Crippen molar-refractivity contribution < 1.29 is 14.7 Å². The van der Waals surface area contributed by atoms with E-state index < -0.39 is 0 Å². The van der Waals surface area contributed by atoms with Gasteiger partial charge in [-0.25, -0.2) is 0 Å². The second-order valence-corrected chi connectivity index (χ2v) is 4.21. The molecular weight excluding hydrogens is 234 g/mol. The smallest absolute Gasteiger partial charge is 0.254 e. The molecule has 1 fully saturated rings. The third-order valence-corrected chi connectivity index (χ3v) is 3.03. The van der Waals surface area contributed by atoms with Crippen LogP contribution in [0.4, 0.5) is 5.69 Å². The van der Waals surface area contributed by atoms with E-state index in [0.717, 1.165) is 6.41 Å². The first-order valence-corrected chi connectivity index (χ1v) is 5.69. The number of piperazine rings is 1. The molecule has 0 radical (unpaired) electrons. The summed E-state index contributed by atoms with van der Waals surface area (Å²) in [5.74, 6) is -0.162. The fraction of sp³-hybridized carbons (Fsp3) is 0.333. The minimum atomic E-state index is -0.132. The minimum Gasteiger partial charge on any atom is -0.506 e. The minimum absolute atomic E-state index is 0.0303. The first-order valence-electron chi connectivity index (χ1n) is 5.69. The van der Waals surface area contributed by atoms with E-state index in [1.54, 1.807) is 15.9 Å². The Kier molecular flexibility index (Phi) is 3.36. The van der Waals surface area contributed by atoms with E-state index in [1.807, 2.05) is 0 Å². The molecule has 0 saturated carbocycles. The number of amides is 2. The molecule has 2 amide bonds. The number of nitrogens with two attached hydrogens (primary N) is 1. The Bertz CT molecular complexity index is 468. The van der Waals surface area contributed by atoms with Crippen LogP contribution in [0.15, 0.2) is 18.2 Å². The normalized spacial score (nSPS) is 15.6. The number of nitrogen functional groups attached to an aromatic ring is 1. The Labute approximate surface area is 105 Å². The van der Waals surface area contributed by atoms with Crippen molar-refractivity contribution in [2.24, 2.45) is 0 Å². The topological polar surface area (TPSA) is 86.9 Å². The molecule has 0 aliphatic carbocycles. The van der Waals surface area contributed by atoms with Crippen molar-refractivity contribution in [3.05, 3.63) is 23.8 Å². The Hall–Kier alpha value is -2.24. The average Bonchev–Trinajstić information content (AvgIpc) is 2.41. The third kappa shape index (κ3) is 2.37. The number of nitrogens with zero attached hydrogens (tertiary/aromatic N) is 2. The molecule has 1 aromatic rings. The highest BCUT2D eigenvalue weighted by atomic mass is 16.3. The Morgan fingerprint density at radius 2 is 1.94 bits per heavy atom. The monoisotopic (exact) mass is 249 g/mol. The van der Waals surface area contributed by atoms with Crippen LogP contribution in [0.25, 0.3) is 0 Å². The number of anilines is 1. The highest BCUT2D eigenvalue weighted by Gasteiger charge is 2.21. The van der Waals surface area contributed by atoms with Crippen LogP contribution < -0.4 is 5.73 Å². The first kappa shape index (κ1) is 12.2. The predicted octanol–water partition coefficient (Wildman–Crippen LogP) is -0.111. The van der Waals surface area contributed by atoms with Crippen molar-refractivity contribution in [2.45, 2.75) is 0 Å².